The lowest BCUT2D eigenvalue weighted by atomic mass is 10.2. The molecule has 0 atom stereocenters. The Morgan fingerprint density at radius 3 is 2.80 bits per heavy atom. The summed E-state index contributed by atoms with van der Waals surface area (Å²) in [7, 11) is 1.92. The van der Waals surface area contributed by atoms with E-state index in [1.54, 1.807) is 6.07 Å². The highest BCUT2D eigenvalue weighted by molar-refractivity contribution is 9.12. The fraction of sp³-hybridized carbons (Fsp3) is 0.0556. The Labute approximate surface area is 153 Å². The van der Waals surface area contributed by atoms with Gasteiger partial charge in [0.15, 0.2) is 0 Å². The summed E-state index contributed by atoms with van der Waals surface area (Å²) in [6.45, 7) is 0. The number of carbonyl (C=O) groups excluding carboxylic acids is 1. The molecule has 7 heteroatoms. The second kappa shape index (κ2) is 7.76. The second-order valence-corrected chi connectivity index (χ2v) is 6.23. The number of nitrogens with one attached hydrogen (secondary N) is 2. The van der Waals surface area contributed by atoms with Crippen LogP contribution >= 0.6 is 15.9 Å². The Morgan fingerprint density at radius 1 is 1.28 bits per heavy atom. The molecule has 0 spiro atoms. The molecule has 0 fully saturated rings. The van der Waals surface area contributed by atoms with Gasteiger partial charge in [-0.05, 0) is 45.8 Å². The summed E-state index contributed by atoms with van der Waals surface area (Å²) in [5.41, 5.74) is 5.47. The van der Waals surface area contributed by atoms with Crippen LogP contribution in [0.15, 0.2) is 64.3 Å². The molecule has 6 nitrogen and oxygen atoms in total. The van der Waals surface area contributed by atoms with Crippen molar-refractivity contribution in [2.45, 2.75) is 0 Å². The summed E-state index contributed by atoms with van der Waals surface area (Å²) < 4.78 is 2.68. The van der Waals surface area contributed by atoms with Gasteiger partial charge in [-0.1, -0.05) is 30.3 Å². The Bertz CT molecular complexity index is 924. The van der Waals surface area contributed by atoms with Gasteiger partial charge in [-0.3, -0.25) is 9.89 Å². The number of carbonyl (C=O) groups is 1. The van der Waals surface area contributed by atoms with Gasteiger partial charge in [0, 0.05) is 17.7 Å². The fourth-order valence-corrected chi connectivity index (χ4v) is 2.62. The minimum absolute atomic E-state index is 0.344. The fourth-order valence-electron chi connectivity index (χ4n) is 2.26. The second-order valence-electron chi connectivity index (χ2n) is 5.31. The van der Waals surface area contributed by atoms with Crippen LogP contribution in [-0.4, -0.2) is 26.9 Å². The number of aromatic amines is 1. The normalized spacial score (nSPS) is 11.8. The molecule has 126 valence electrons. The zero-order chi connectivity index (χ0) is 17.6. The van der Waals surface area contributed by atoms with Gasteiger partial charge in [-0.15, -0.1) is 0 Å². The van der Waals surface area contributed by atoms with Gasteiger partial charge in [0.05, 0.1) is 11.9 Å². The smallest absolute Gasteiger partial charge is 0.289 e. The summed E-state index contributed by atoms with van der Waals surface area (Å²) >= 11 is 3.40. The number of hydrogen-bond acceptors (Lipinski definition) is 3. The predicted octanol–water partition coefficient (Wildman–Crippen LogP) is 3.57. The Balaban J connectivity index is 1.62. The van der Waals surface area contributed by atoms with E-state index < -0.39 is 0 Å². The number of benzene rings is 1. The van der Waals surface area contributed by atoms with E-state index in [1.807, 2.05) is 66.4 Å². The zero-order valence-corrected chi connectivity index (χ0v) is 15.1. The average molecular weight is 398 g/mol. The largest absolute Gasteiger partial charge is 0.349 e. The first kappa shape index (κ1) is 16.9. The monoisotopic (exact) mass is 397 g/mol. The number of amides is 1. The number of H-pyrrole nitrogens is 1. The predicted molar refractivity (Wildman–Crippen MR) is 102 cm³/mol. The minimum atomic E-state index is -0.357. The molecule has 0 radical (unpaired) electrons. The number of aromatic nitrogens is 3. The van der Waals surface area contributed by atoms with E-state index in [1.165, 1.54) is 6.21 Å². The van der Waals surface area contributed by atoms with E-state index in [2.05, 4.69) is 36.7 Å². The van der Waals surface area contributed by atoms with E-state index in [0.29, 0.717) is 11.4 Å². The number of hydrogen-bond donors (Lipinski definition) is 2. The molecule has 2 aromatic heterocycles. The molecule has 0 unspecified atom stereocenters. The van der Waals surface area contributed by atoms with E-state index in [0.717, 1.165) is 15.7 Å². The van der Waals surface area contributed by atoms with Crippen molar-refractivity contribution in [2.75, 3.05) is 0 Å². The Hall–Kier alpha value is -2.93. The highest BCUT2D eigenvalue weighted by Crippen LogP contribution is 2.17. The standard InChI is InChI=1S/C18H16BrN5O/c1-24-9-5-8-17(24)15-11-16(22-21-15)18(25)23-20-12-14(19)10-13-6-3-2-4-7-13/h2-12H,1H3,(H,21,22)(H,23,25)/b14-10-,20-12-. The molecule has 25 heavy (non-hydrogen) atoms. The molecule has 0 aliphatic rings. The van der Waals surface area contributed by atoms with Crippen LogP contribution in [0.25, 0.3) is 17.5 Å². The maximum Gasteiger partial charge on any atom is 0.289 e. The summed E-state index contributed by atoms with van der Waals surface area (Å²) in [5, 5.41) is 10.8. The third-order valence-electron chi connectivity index (χ3n) is 3.49. The van der Waals surface area contributed by atoms with Crippen LogP contribution in [0.4, 0.5) is 0 Å². The van der Waals surface area contributed by atoms with Crippen molar-refractivity contribution >= 4 is 34.1 Å². The highest BCUT2D eigenvalue weighted by Gasteiger charge is 2.11. The molecule has 2 N–H and O–H groups in total. The zero-order valence-electron chi connectivity index (χ0n) is 13.5. The maximum absolute atomic E-state index is 12.1. The van der Waals surface area contributed by atoms with Crippen molar-refractivity contribution in [3.63, 3.8) is 0 Å². The van der Waals surface area contributed by atoms with E-state index in [4.69, 9.17) is 0 Å². The molecule has 1 amide bonds. The Kier molecular flexibility index (Phi) is 5.25. The van der Waals surface area contributed by atoms with Gasteiger partial charge in [0.1, 0.15) is 11.4 Å². The molecule has 0 bridgehead atoms. The van der Waals surface area contributed by atoms with Gasteiger partial charge < -0.3 is 4.57 Å². The van der Waals surface area contributed by atoms with Gasteiger partial charge in [0.2, 0.25) is 0 Å². The molecule has 2 heterocycles. The molecule has 3 aromatic rings. The Morgan fingerprint density at radius 2 is 2.08 bits per heavy atom. The summed E-state index contributed by atoms with van der Waals surface area (Å²) in [6.07, 6.45) is 5.35. The first-order chi connectivity index (χ1) is 12.1. The van der Waals surface area contributed by atoms with Gasteiger partial charge >= 0.3 is 0 Å². The highest BCUT2D eigenvalue weighted by atomic mass is 79.9. The van der Waals surface area contributed by atoms with Crippen LogP contribution in [0.3, 0.4) is 0 Å². The van der Waals surface area contributed by atoms with E-state index in [9.17, 15) is 4.79 Å². The van der Waals surface area contributed by atoms with Crippen LogP contribution in [-0.2, 0) is 7.05 Å². The SMILES string of the molecule is Cn1cccc1-c1cc(C(=O)N/N=C\C(Br)=C\c2ccccc2)[nH]n1. The molecule has 0 aliphatic heterocycles. The number of aryl methyl sites for hydroxylation is 1. The molecule has 0 saturated carbocycles. The minimum Gasteiger partial charge on any atom is -0.349 e. The van der Waals surface area contributed by atoms with Crippen molar-refractivity contribution in [1.29, 1.82) is 0 Å². The molecular weight excluding hydrogens is 382 g/mol. The number of nitrogens with zero attached hydrogens (tertiary/aromatic N) is 3. The number of rotatable bonds is 5. The average Bonchev–Trinajstić information content (AvgIpc) is 3.24. The van der Waals surface area contributed by atoms with Crippen molar-refractivity contribution in [3.05, 3.63) is 70.5 Å². The third-order valence-corrected chi connectivity index (χ3v) is 3.92. The van der Waals surface area contributed by atoms with E-state index >= 15 is 0 Å². The summed E-state index contributed by atoms with van der Waals surface area (Å²) in [6, 6.07) is 15.4. The van der Waals surface area contributed by atoms with Crippen LogP contribution in [0.1, 0.15) is 16.1 Å². The number of hydrazone groups is 1. The lowest BCUT2D eigenvalue weighted by Crippen LogP contribution is -2.17. The molecular formula is C18H16BrN5O. The van der Waals surface area contributed by atoms with Crippen molar-refractivity contribution in [1.82, 2.24) is 20.2 Å². The third kappa shape index (κ3) is 4.33. The lowest BCUT2D eigenvalue weighted by Gasteiger charge is -1.97. The number of allylic oxidation sites excluding steroid dienone is 1. The first-order valence-corrected chi connectivity index (χ1v) is 8.35. The van der Waals surface area contributed by atoms with Crippen molar-refractivity contribution < 1.29 is 4.79 Å². The molecule has 1 aromatic carbocycles. The topological polar surface area (TPSA) is 75.1 Å². The van der Waals surface area contributed by atoms with Crippen LogP contribution in [0, 0.1) is 0 Å². The molecule has 3 rings (SSSR count). The maximum atomic E-state index is 12.1. The lowest BCUT2D eigenvalue weighted by molar-refractivity contribution is 0.0950. The van der Waals surface area contributed by atoms with Gasteiger partial charge in [-0.2, -0.15) is 10.2 Å². The van der Waals surface area contributed by atoms with Gasteiger partial charge in [-0.25, -0.2) is 5.43 Å². The van der Waals surface area contributed by atoms with Crippen LogP contribution in [0.5, 0.6) is 0 Å². The molecule has 0 saturated heterocycles. The van der Waals surface area contributed by atoms with Crippen molar-refractivity contribution in [3.8, 4) is 11.4 Å². The summed E-state index contributed by atoms with van der Waals surface area (Å²) in [5.74, 6) is -0.357. The van der Waals surface area contributed by atoms with Gasteiger partial charge in [0.25, 0.3) is 5.91 Å². The first-order valence-electron chi connectivity index (χ1n) is 7.56. The van der Waals surface area contributed by atoms with Crippen molar-refractivity contribution in [2.24, 2.45) is 12.1 Å². The quantitative estimate of drug-likeness (QED) is 0.509. The van der Waals surface area contributed by atoms with E-state index in [-0.39, 0.29) is 5.91 Å². The van der Waals surface area contributed by atoms with Crippen LogP contribution in [0.2, 0.25) is 0 Å². The number of halogens is 1. The molecule has 0 aliphatic carbocycles. The summed E-state index contributed by atoms with van der Waals surface area (Å²) in [4.78, 5) is 12.1. The van der Waals surface area contributed by atoms with Crippen LogP contribution < -0.4 is 5.43 Å².